The number of rotatable bonds is 2. The topological polar surface area (TPSA) is 49.8 Å². The standard InChI is InChI=1S/C23H31NO3/c1-23-7-6-17-18(20(23)4-5-22(23)26)3-2-15-13-21(25)16(12-19(15)17)14-24-8-10-27-11-9-24/h12-13,17-18,20,25H,2-11,14H2,1H3/t17-,18+,20+,23+/m1/s1. The maximum Gasteiger partial charge on any atom is 0.139 e. The van der Waals surface area contributed by atoms with Gasteiger partial charge in [-0.05, 0) is 67.1 Å². The first-order chi connectivity index (χ1) is 13.1. The summed E-state index contributed by atoms with van der Waals surface area (Å²) in [7, 11) is 0. The lowest BCUT2D eigenvalue weighted by Gasteiger charge is -2.48. The molecule has 4 aliphatic rings. The van der Waals surface area contributed by atoms with Crippen LogP contribution in [0.1, 0.15) is 61.6 Å². The largest absolute Gasteiger partial charge is 0.508 e. The number of ether oxygens (including phenoxy) is 1. The van der Waals surface area contributed by atoms with Gasteiger partial charge < -0.3 is 9.84 Å². The van der Waals surface area contributed by atoms with Crippen molar-refractivity contribution in [2.45, 2.75) is 57.9 Å². The molecule has 0 amide bonds. The van der Waals surface area contributed by atoms with E-state index in [9.17, 15) is 9.90 Å². The third-order valence-electron chi connectivity index (χ3n) is 8.13. The van der Waals surface area contributed by atoms with Crippen LogP contribution in [0.25, 0.3) is 0 Å². The number of hydrogen-bond donors (Lipinski definition) is 1. The van der Waals surface area contributed by atoms with Gasteiger partial charge in [0.1, 0.15) is 11.5 Å². The number of fused-ring (bicyclic) bond motifs is 5. The molecular weight excluding hydrogens is 338 g/mol. The molecule has 2 saturated carbocycles. The molecule has 0 bridgehead atoms. The number of aromatic hydroxyl groups is 1. The minimum absolute atomic E-state index is 0.0633. The highest BCUT2D eigenvalue weighted by atomic mass is 16.5. The Morgan fingerprint density at radius 1 is 1.19 bits per heavy atom. The average Bonchev–Trinajstić information content (AvgIpc) is 2.98. The smallest absolute Gasteiger partial charge is 0.139 e. The van der Waals surface area contributed by atoms with E-state index in [0.29, 0.717) is 29.3 Å². The van der Waals surface area contributed by atoms with Crippen LogP contribution in [-0.4, -0.2) is 42.1 Å². The maximum atomic E-state index is 12.5. The molecule has 3 aliphatic carbocycles. The Hall–Kier alpha value is -1.39. The molecule has 5 rings (SSSR count). The lowest BCUT2D eigenvalue weighted by atomic mass is 9.55. The SMILES string of the molecule is C[C@]12CC[C@H]3c4cc(CN5CCOCC5)c(O)cc4CC[C@@H]3[C@@H]1CCC2=O. The van der Waals surface area contributed by atoms with Gasteiger partial charge in [0.15, 0.2) is 0 Å². The van der Waals surface area contributed by atoms with Gasteiger partial charge in [0.2, 0.25) is 0 Å². The van der Waals surface area contributed by atoms with E-state index in [-0.39, 0.29) is 5.41 Å². The molecule has 0 aromatic heterocycles. The summed E-state index contributed by atoms with van der Waals surface area (Å²) in [5, 5.41) is 10.6. The van der Waals surface area contributed by atoms with Crippen molar-refractivity contribution in [3.8, 4) is 5.75 Å². The van der Waals surface area contributed by atoms with Crippen LogP contribution in [0.5, 0.6) is 5.75 Å². The number of phenolic OH excluding ortho intramolecular Hbond substituents is 1. The first kappa shape index (κ1) is 17.7. The zero-order valence-corrected chi connectivity index (χ0v) is 16.4. The fraction of sp³-hybridized carbons (Fsp3) is 0.696. The van der Waals surface area contributed by atoms with E-state index in [0.717, 1.165) is 70.5 Å². The van der Waals surface area contributed by atoms with Gasteiger partial charge >= 0.3 is 0 Å². The number of carbonyl (C=O) groups is 1. The molecule has 0 radical (unpaired) electrons. The number of benzene rings is 1. The fourth-order valence-corrected chi connectivity index (χ4v) is 6.55. The first-order valence-electron chi connectivity index (χ1n) is 10.7. The van der Waals surface area contributed by atoms with Crippen molar-refractivity contribution < 1.29 is 14.6 Å². The normalized spacial score (nSPS) is 36.2. The lowest BCUT2D eigenvalue weighted by molar-refractivity contribution is -0.129. The molecule has 1 saturated heterocycles. The van der Waals surface area contributed by atoms with Gasteiger partial charge in [-0.3, -0.25) is 9.69 Å². The number of ketones is 1. The van der Waals surface area contributed by atoms with E-state index < -0.39 is 0 Å². The van der Waals surface area contributed by atoms with Crippen LogP contribution >= 0.6 is 0 Å². The molecule has 4 nitrogen and oxygen atoms in total. The molecule has 3 fully saturated rings. The summed E-state index contributed by atoms with van der Waals surface area (Å²) >= 11 is 0. The van der Waals surface area contributed by atoms with Gasteiger partial charge in [-0.1, -0.05) is 13.0 Å². The summed E-state index contributed by atoms with van der Waals surface area (Å²) in [5.74, 6) is 2.74. The summed E-state index contributed by atoms with van der Waals surface area (Å²) in [4.78, 5) is 14.9. The third kappa shape index (κ3) is 2.84. The van der Waals surface area contributed by atoms with Crippen LogP contribution in [0, 0.1) is 17.3 Å². The number of phenols is 1. The predicted molar refractivity (Wildman–Crippen MR) is 104 cm³/mol. The molecular formula is C23H31NO3. The highest BCUT2D eigenvalue weighted by molar-refractivity contribution is 5.87. The summed E-state index contributed by atoms with van der Waals surface area (Å²) in [6.45, 7) is 6.48. The van der Waals surface area contributed by atoms with Gasteiger partial charge in [-0.15, -0.1) is 0 Å². The summed E-state index contributed by atoms with van der Waals surface area (Å²) in [6.07, 6.45) is 6.25. The Kier molecular flexibility index (Phi) is 4.32. The number of carbonyl (C=O) groups excluding carboxylic acids is 1. The Morgan fingerprint density at radius 3 is 2.81 bits per heavy atom. The van der Waals surface area contributed by atoms with Crippen molar-refractivity contribution in [3.63, 3.8) is 0 Å². The van der Waals surface area contributed by atoms with Crippen LogP contribution in [0.15, 0.2) is 12.1 Å². The van der Waals surface area contributed by atoms with Crippen molar-refractivity contribution in [3.05, 3.63) is 28.8 Å². The quantitative estimate of drug-likeness (QED) is 0.865. The number of morpholine rings is 1. The van der Waals surface area contributed by atoms with Gasteiger partial charge in [0.25, 0.3) is 0 Å². The van der Waals surface area contributed by atoms with Crippen LogP contribution in [-0.2, 0) is 22.5 Å². The first-order valence-corrected chi connectivity index (χ1v) is 10.7. The van der Waals surface area contributed by atoms with Gasteiger partial charge in [0.05, 0.1) is 13.2 Å². The Morgan fingerprint density at radius 2 is 2.00 bits per heavy atom. The molecule has 146 valence electrons. The van der Waals surface area contributed by atoms with E-state index in [1.807, 2.05) is 6.07 Å². The molecule has 4 heteroatoms. The second-order valence-electron chi connectivity index (χ2n) is 9.40. The highest BCUT2D eigenvalue weighted by Gasteiger charge is 2.54. The van der Waals surface area contributed by atoms with E-state index in [4.69, 9.17) is 4.74 Å². The minimum Gasteiger partial charge on any atom is -0.508 e. The second kappa shape index (κ2) is 6.59. The predicted octanol–water partition coefficient (Wildman–Crippen LogP) is 3.65. The average molecular weight is 370 g/mol. The minimum atomic E-state index is -0.0633. The number of hydrogen-bond acceptors (Lipinski definition) is 4. The molecule has 4 atom stereocenters. The van der Waals surface area contributed by atoms with Crippen LogP contribution in [0.4, 0.5) is 0 Å². The number of nitrogens with zero attached hydrogens (tertiary/aromatic N) is 1. The van der Waals surface area contributed by atoms with E-state index in [1.54, 1.807) is 0 Å². The van der Waals surface area contributed by atoms with E-state index in [1.165, 1.54) is 17.5 Å². The second-order valence-corrected chi connectivity index (χ2v) is 9.40. The fourth-order valence-electron chi connectivity index (χ4n) is 6.55. The molecule has 1 aromatic carbocycles. The van der Waals surface area contributed by atoms with Crippen LogP contribution in [0.2, 0.25) is 0 Å². The Labute approximate surface area is 161 Å². The monoisotopic (exact) mass is 369 g/mol. The molecule has 1 N–H and O–H groups in total. The number of Topliss-reactive ketones (excluding diaryl/α,β-unsaturated/α-hetero) is 1. The zero-order chi connectivity index (χ0) is 18.6. The van der Waals surface area contributed by atoms with Crippen molar-refractivity contribution in [2.24, 2.45) is 17.3 Å². The van der Waals surface area contributed by atoms with Crippen molar-refractivity contribution in [1.82, 2.24) is 4.90 Å². The summed E-state index contributed by atoms with van der Waals surface area (Å²) in [5.41, 5.74) is 3.81. The molecule has 1 aromatic rings. The van der Waals surface area contributed by atoms with Crippen molar-refractivity contribution in [2.75, 3.05) is 26.3 Å². The maximum absolute atomic E-state index is 12.5. The van der Waals surface area contributed by atoms with Gasteiger partial charge in [-0.25, -0.2) is 0 Å². The van der Waals surface area contributed by atoms with Crippen LogP contribution in [0.3, 0.4) is 0 Å². The summed E-state index contributed by atoms with van der Waals surface area (Å²) < 4.78 is 5.46. The molecule has 27 heavy (non-hydrogen) atoms. The van der Waals surface area contributed by atoms with Gasteiger partial charge in [0, 0.05) is 37.0 Å². The third-order valence-corrected chi connectivity index (χ3v) is 8.13. The van der Waals surface area contributed by atoms with Crippen LogP contribution < -0.4 is 0 Å². The van der Waals surface area contributed by atoms with Crippen molar-refractivity contribution >= 4 is 5.78 Å². The van der Waals surface area contributed by atoms with Crippen molar-refractivity contribution in [1.29, 1.82) is 0 Å². The molecule has 1 heterocycles. The van der Waals surface area contributed by atoms with E-state index >= 15 is 0 Å². The molecule has 0 unspecified atom stereocenters. The highest BCUT2D eigenvalue weighted by Crippen LogP contribution is 2.59. The molecule has 1 aliphatic heterocycles. The Bertz CT molecular complexity index is 754. The summed E-state index contributed by atoms with van der Waals surface area (Å²) in [6, 6.07) is 4.34. The van der Waals surface area contributed by atoms with E-state index in [2.05, 4.69) is 17.9 Å². The Balaban J connectivity index is 1.44. The molecule has 0 spiro atoms. The van der Waals surface area contributed by atoms with Gasteiger partial charge in [-0.2, -0.15) is 0 Å². The lowest BCUT2D eigenvalue weighted by Crippen LogP contribution is -2.42. The number of aryl methyl sites for hydroxylation is 1. The zero-order valence-electron chi connectivity index (χ0n) is 16.4.